The minimum Gasteiger partial charge on any atom is -0.258 e. The zero-order valence-corrected chi connectivity index (χ0v) is 14.7. The standard InChI is InChI=1S/C20H11N5O4/c26-24(27)12-9-10-17(18(11-12)25(28)29)23-21-19-15-7-3-1-5-13(15)14-6-2-4-8-16(14)20(19)22-23/h1-11H. The number of nitrogens with zero attached hydrogens (tertiary/aromatic N) is 5. The van der Waals surface area contributed by atoms with E-state index in [4.69, 9.17) is 0 Å². The molecule has 0 unspecified atom stereocenters. The van der Waals surface area contributed by atoms with Crippen LogP contribution in [0.4, 0.5) is 11.4 Å². The minimum absolute atomic E-state index is 0.0602. The molecule has 4 aromatic carbocycles. The molecule has 0 atom stereocenters. The van der Waals surface area contributed by atoms with Crippen molar-refractivity contribution in [3.8, 4) is 5.69 Å². The second-order valence-electron chi connectivity index (χ2n) is 6.47. The lowest BCUT2D eigenvalue weighted by molar-refractivity contribution is -0.394. The lowest BCUT2D eigenvalue weighted by Gasteiger charge is -2.04. The first-order chi connectivity index (χ1) is 14.0. The normalized spacial score (nSPS) is 11.3. The minimum atomic E-state index is -0.676. The molecule has 0 N–H and O–H groups in total. The summed E-state index contributed by atoms with van der Waals surface area (Å²) < 4.78 is 0. The molecule has 0 aliphatic rings. The van der Waals surface area contributed by atoms with Crippen LogP contribution in [0.15, 0.2) is 66.7 Å². The van der Waals surface area contributed by atoms with Gasteiger partial charge in [0.25, 0.3) is 5.69 Å². The Morgan fingerprint density at radius 2 is 1.21 bits per heavy atom. The smallest absolute Gasteiger partial charge is 0.258 e. The summed E-state index contributed by atoms with van der Waals surface area (Å²) in [5.41, 5.74) is 0.463. The van der Waals surface area contributed by atoms with Crippen molar-refractivity contribution in [1.82, 2.24) is 15.0 Å². The van der Waals surface area contributed by atoms with Crippen molar-refractivity contribution in [2.45, 2.75) is 0 Å². The maximum atomic E-state index is 11.5. The van der Waals surface area contributed by atoms with Crippen LogP contribution in [0, 0.1) is 20.2 Å². The molecule has 1 heterocycles. The number of nitro benzene ring substituents is 2. The summed E-state index contributed by atoms with van der Waals surface area (Å²) >= 11 is 0. The molecule has 1 aromatic heterocycles. The van der Waals surface area contributed by atoms with Crippen LogP contribution in [0.1, 0.15) is 0 Å². The van der Waals surface area contributed by atoms with Gasteiger partial charge in [0.1, 0.15) is 11.0 Å². The largest absolute Gasteiger partial charge is 0.303 e. The van der Waals surface area contributed by atoms with Gasteiger partial charge in [0.15, 0.2) is 5.69 Å². The second-order valence-corrected chi connectivity index (χ2v) is 6.47. The molecule has 29 heavy (non-hydrogen) atoms. The van der Waals surface area contributed by atoms with Crippen molar-refractivity contribution in [1.29, 1.82) is 0 Å². The number of aromatic nitrogens is 3. The monoisotopic (exact) mass is 385 g/mol. The molecule has 0 radical (unpaired) electrons. The van der Waals surface area contributed by atoms with Crippen LogP contribution in [0.5, 0.6) is 0 Å². The number of non-ortho nitro benzene ring substituents is 1. The summed E-state index contributed by atoms with van der Waals surface area (Å²) in [4.78, 5) is 22.3. The van der Waals surface area contributed by atoms with E-state index in [1.165, 1.54) is 16.9 Å². The topological polar surface area (TPSA) is 117 Å². The van der Waals surface area contributed by atoms with Gasteiger partial charge in [0.05, 0.1) is 15.9 Å². The zero-order chi connectivity index (χ0) is 20.1. The van der Waals surface area contributed by atoms with E-state index >= 15 is 0 Å². The summed E-state index contributed by atoms with van der Waals surface area (Å²) in [7, 11) is 0. The van der Waals surface area contributed by atoms with Crippen molar-refractivity contribution in [3.05, 3.63) is 87.0 Å². The number of rotatable bonds is 3. The van der Waals surface area contributed by atoms with E-state index in [1.54, 1.807) is 0 Å². The Morgan fingerprint density at radius 3 is 1.69 bits per heavy atom. The predicted octanol–water partition coefficient (Wildman–Crippen LogP) is 4.54. The number of hydrogen-bond donors (Lipinski definition) is 0. The lowest BCUT2D eigenvalue weighted by atomic mass is 10.0. The zero-order valence-electron chi connectivity index (χ0n) is 14.7. The molecule has 0 aliphatic heterocycles. The highest BCUT2D eigenvalue weighted by atomic mass is 16.6. The van der Waals surface area contributed by atoms with Crippen LogP contribution in [0.2, 0.25) is 0 Å². The summed E-state index contributed by atoms with van der Waals surface area (Å²) in [5.74, 6) is 0. The maximum Gasteiger partial charge on any atom is 0.303 e. The Hall–Kier alpha value is -4.40. The summed E-state index contributed by atoms with van der Waals surface area (Å²) in [6.07, 6.45) is 0. The number of fused-ring (bicyclic) bond motifs is 6. The molecule has 9 nitrogen and oxygen atoms in total. The third-order valence-electron chi connectivity index (χ3n) is 4.85. The molecule has 0 amide bonds. The van der Waals surface area contributed by atoms with E-state index in [0.717, 1.165) is 27.6 Å². The first kappa shape index (κ1) is 16.8. The fraction of sp³-hybridized carbons (Fsp3) is 0. The summed E-state index contributed by atoms with van der Waals surface area (Å²) in [5, 5.41) is 35.3. The Bertz CT molecular complexity index is 1400. The summed E-state index contributed by atoms with van der Waals surface area (Å²) in [6, 6.07) is 18.9. The lowest BCUT2D eigenvalue weighted by Crippen LogP contribution is -2.04. The van der Waals surface area contributed by atoms with E-state index in [-0.39, 0.29) is 11.4 Å². The van der Waals surface area contributed by atoms with Gasteiger partial charge in [-0.1, -0.05) is 48.5 Å². The van der Waals surface area contributed by atoms with Crippen LogP contribution in [0.25, 0.3) is 38.3 Å². The highest BCUT2D eigenvalue weighted by molar-refractivity contribution is 6.22. The molecular formula is C20H11N5O4. The van der Waals surface area contributed by atoms with Gasteiger partial charge in [-0.3, -0.25) is 20.2 Å². The van der Waals surface area contributed by atoms with E-state index in [0.29, 0.717) is 11.0 Å². The van der Waals surface area contributed by atoms with Crippen LogP contribution in [0.3, 0.4) is 0 Å². The van der Waals surface area contributed by atoms with Gasteiger partial charge in [0.2, 0.25) is 0 Å². The first-order valence-electron chi connectivity index (χ1n) is 8.64. The average Bonchev–Trinajstić information content (AvgIpc) is 3.19. The van der Waals surface area contributed by atoms with Gasteiger partial charge in [-0.15, -0.1) is 15.0 Å². The molecule has 9 heteroatoms. The fourth-order valence-electron chi connectivity index (χ4n) is 3.57. The quantitative estimate of drug-likeness (QED) is 0.256. The van der Waals surface area contributed by atoms with Crippen molar-refractivity contribution in [2.75, 3.05) is 0 Å². The molecule has 0 saturated carbocycles. The predicted molar refractivity (Wildman–Crippen MR) is 107 cm³/mol. The summed E-state index contributed by atoms with van der Waals surface area (Å²) in [6.45, 7) is 0. The Balaban J connectivity index is 1.87. The highest BCUT2D eigenvalue weighted by Crippen LogP contribution is 2.34. The van der Waals surface area contributed by atoms with Gasteiger partial charge in [-0.2, -0.15) is 0 Å². The van der Waals surface area contributed by atoms with E-state index < -0.39 is 15.5 Å². The number of hydrogen-bond acceptors (Lipinski definition) is 6. The maximum absolute atomic E-state index is 11.5. The molecule has 0 saturated heterocycles. The highest BCUT2D eigenvalue weighted by Gasteiger charge is 2.23. The number of benzene rings is 4. The van der Waals surface area contributed by atoms with E-state index in [2.05, 4.69) is 10.2 Å². The van der Waals surface area contributed by atoms with Crippen LogP contribution in [-0.2, 0) is 0 Å². The molecule has 5 rings (SSSR count). The van der Waals surface area contributed by atoms with Crippen molar-refractivity contribution >= 4 is 44.0 Å². The third kappa shape index (κ3) is 2.48. The Labute approximate surface area is 162 Å². The molecule has 0 aliphatic carbocycles. The van der Waals surface area contributed by atoms with Crippen LogP contribution in [-0.4, -0.2) is 24.8 Å². The van der Waals surface area contributed by atoms with E-state index in [9.17, 15) is 20.2 Å². The van der Waals surface area contributed by atoms with Crippen molar-refractivity contribution in [2.24, 2.45) is 0 Å². The SMILES string of the molecule is O=[N+]([O-])c1ccc(-n2nc3c4ccccc4c4ccccc4c3n2)c([N+](=O)[O-])c1. The van der Waals surface area contributed by atoms with Crippen LogP contribution < -0.4 is 0 Å². The van der Waals surface area contributed by atoms with Gasteiger partial charge in [-0.05, 0) is 16.8 Å². The Kier molecular flexibility index (Phi) is 3.50. The van der Waals surface area contributed by atoms with Crippen molar-refractivity contribution < 1.29 is 9.85 Å². The van der Waals surface area contributed by atoms with Gasteiger partial charge in [-0.25, -0.2) is 0 Å². The fourth-order valence-corrected chi connectivity index (χ4v) is 3.57. The molecule has 0 fully saturated rings. The van der Waals surface area contributed by atoms with Crippen LogP contribution >= 0.6 is 0 Å². The van der Waals surface area contributed by atoms with Gasteiger partial charge in [0, 0.05) is 16.8 Å². The number of nitro groups is 2. The van der Waals surface area contributed by atoms with Crippen molar-refractivity contribution in [3.63, 3.8) is 0 Å². The Morgan fingerprint density at radius 1 is 0.690 bits per heavy atom. The second kappa shape index (κ2) is 6.06. The molecule has 0 bridgehead atoms. The molecule has 5 aromatic rings. The molecule has 140 valence electrons. The average molecular weight is 385 g/mol. The molecular weight excluding hydrogens is 374 g/mol. The first-order valence-corrected chi connectivity index (χ1v) is 8.64. The van der Waals surface area contributed by atoms with Gasteiger partial charge < -0.3 is 0 Å². The molecule has 0 spiro atoms. The van der Waals surface area contributed by atoms with E-state index in [1.807, 2.05) is 48.5 Å². The van der Waals surface area contributed by atoms with Gasteiger partial charge >= 0.3 is 5.69 Å². The third-order valence-corrected chi connectivity index (χ3v) is 4.85.